The van der Waals surface area contributed by atoms with Crippen LogP contribution in [0.2, 0.25) is 0 Å². The Morgan fingerprint density at radius 3 is 2.96 bits per heavy atom. The number of nitrogens with zero attached hydrogens (tertiary/aromatic N) is 3. The predicted molar refractivity (Wildman–Crippen MR) is 96.9 cm³/mol. The molecule has 0 bridgehead atoms. The van der Waals surface area contributed by atoms with Gasteiger partial charge in [-0.1, -0.05) is 6.07 Å². The van der Waals surface area contributed by atoms with Crippen LogP contribution in [-0.2, 0) is 11.3 Å². The third-order valence-corrected chi connectivity index (χ3v) is 4.74. The minimum Gasteiger partial charge on any atom is -0.324 e. The normalized spacial score (nSPS) is 18.1. The van der Waals surface area contributed by atoms with Gasteiger partial charge in [-0.05, 0) is 49.2 Å². The molecule has 2 N–H and O–H groups in total. The number of H-pyrrole nitrogens is 1. The number of aromatic nitrogens is 3. The maximum atomic E-state index is 13.7. The zero-order valence-corrected chi connectivity index (χ0v) is 14.3. The van der Waals surface area contributed by atoms with Crippen LogP contribution in [0.4, 0.5) is 10.3 Å². The molecule has 1 saturated heterocycles. The Morgan fingerprint density at radius 2 is 2.15 bits per heavy atom. The van der Waals surface area contributed by atoms with E-state index in [1.165, 1.54) is 11.6 Å². The largest absolute Gasteiger partial charge is 0.324 e. The fraction of sp³-hybridized carbons (Fsp3) is 0.316. The number of benzene rings is 1. The number of nitrogens with one attached hydrogen (secondary N) is 2. The van der Waals surface area contributed by atoms with Crippen molar-refractivity contribution < 1.29 is 9.18 Å². The lowest BCUT2D eigenvalue weighted by Gasteiger charge is -2.31. The van der Waals surface area contributed by atoms with E-state index in [1.807, 2.05) is 12.1 Å². The number of rotatable bonds is 4. The molecule has 0 aliphatic carbocycles. The van der Waals surface area contributed by atoms with Gasteiger partial charge in [-0.15, -0.1) is 0 Å². The first-order valence-electron chi connectivity index (χ1n) is 8.75. The molecule has 4 rings (SSSR count). The van der Waals surface area contributed by atoms with E-state index in [2.05, 4.69) is 25.2 Å². The number of piperidine rings is 1. The SMILES string of the molecule is O=C(Nc1nc2c(F)cccc2[nH]1)C1CCCN(Cc2ccncc2)C1. The number of carbonyl (C=O) groups is 1. The van der Waals surface area contributed by atoms with Crippen molar-refractivity contribution in [3.05, 3.63) is 54.1 Å². The predicted octanol–water partition coefficient (Wildman–Crippen LogP) is 2.95. The molecule has 0 spiro atoms. The first kappa shape index (κ1) is 16.7. The molecule has 3 heterocycles. The number of aromatic amines is 1. The first-order chi connectivity index (χ1) is 12.7. The van der Waals surface area contributed by atoms with E-state index in [0.717, 1.165) is 25.9 Å². The van der Waals surface area contributed by atoms with Gasteiger partial charge in [-0.25, -0.2) is 9.37 Å². The Bertz CT molecular complexity index is 911. The third-order valence-electron chi connectivity index (χ3n) is 4.74. The van der Waals surface area contributed by atoms with Gasteiger partial charge in [0.1, 0.15) is 5.52 Å². The third kappa shape index (κ3) is 3.57. The Morgan fingerprint density at radius 1 is 1.31 bits per heavy atom. The molecular weight excluding hydrogens is 333 g/mol. The molecule has 2 aromatic heterocycles. The molecule has 1 amide bonds. The molecule has 26 heavy (non-hydrogen) atoms. The summed E-state index contributed by atoms with van der Waals surface area (Å²) in [4.78, 5) is 26.0. The highest BCUT2D eigenvalue weighted by molar-refractivity contribution is 5.93. The Hall–Kier alpha value is -2.80. The number of imidazole rings is 1. The van der Waals surface area contributed by atoms with Crippen molar-refractivity contribution in [2.45, 2.75) is 19.4 Å². The van der Waals surface area contributed by atoms with Gasteiger partial charge in [0.2, 0.25) is 11.9 Å². The number of para-hydroxylation sites is 1. The topological polar surface area (TPSA) is 73.9 Å². The summed E-state index contributed by atoms with van der Waals surface area (Å²) in [6.45, 7) is 2.48. The van der Waals surface area contributed by atoms with Crippen molar-refractivity contribution in [1.29, 1.82) is 0 Å². The van der Waals surface area contributed by atoms with Crippen molar-refractivity contribution in [3.8, 4) is 0 Å². The van der Waals surface area contributed by atoms with Crippen LogP contribution in [-0.4, -0.2) is 38.8 Å². The van der Waals surface area contributed by atoms with Gasteiger partial charge in [0.25, 0.3) is 0 Å². The van der Waals surface area contributed by atoms with Gasteiger partial charge in [-0.3, -0.25) is 20.0 Å². The van der Waals surface area contributed by atoms with Crippen molar-refractivity contribution in [2.24, 2.45) is 5.92 Å². The summed E-state index contributed by atoms with van der Waals surface area (Å²) >= 11 is 0. The van der Waals surface area contributed by atoms with E-state index in [1.54, 1.807) is 24.5 Å². The van der Waals surface area contributed by atoms with E-state index in [-0.39, 0.29) is 17.3 Å². The molecule has 3 aromatic rings. The molecular formula is C19H20FN5O. The maximum absolute atomic E-state index is 13.7. The lowest BCUT2D eigenvalue weighted by molar-refractivity contribution is -0.121. The van der Waals surface area contributed by atoms with Crippen LogP contribution >= 0.6 is 0 Å². The number of pyridine rings is 1. The van der Waals surface area contributed by atoms with E-state index in [4.69, 9.17) is 0 Å². The number of hydrogen-bond acceptors (Lipinski definition) is 4. The number of halogens is 1. The molecule has 1 aliphatic rings. The fourth-order valence-electron chi connectivity index (χ4n) is 3.43. The van der Waals surface area contributed by atoms with Crippen molar-refractivity contribution in [2.75, 3.05) is 18.4 Å². The zero-order chi connectivity index (χ0) is 17.9. The Labute approximate surface area is 150 Å². The van der Waals surface area contributed by atoms with Gasteiger partial charge in [-0.2, -0.15) is 0 Å². The lowest BCUT2D eigenvalue weighted by Crippen LogP contribution is -2.40. The highest BCUT2D eigenvalue weighted by Gasteiger charge is 2.26. The highest BCUT2D eigenvalue weighted by Crippen LogP contribution is 2.21. The quantitative estimate of drug-likeness (QED) is 0.756. The molecule has 1 atom stereocenters. The average Bonchev–Trinajstić information content (AvgIpc) is 3.07. The number of hydrogen-bond donors (Lipinski definition) is 2. The molecule has 1 aliphatic heterocycles. The number of anilines is 1. The number of likely N-dealkylation sites (tertiary alicyclic amines) is 1. The number of amides is 1. The molecule has 1 unspecified atom stereocenters. The monoisotopic (exact) mass is 353 g/mol. The second-order valence-corrected chi connectivity index (χ2v) is 6.64. The summed E-state index contributed by atoms with van der Waals surface area (Å²) < 4.78 is 13.7. The highest BCUT2D eigenvalue weighted by atomic mass is 19.1. The fourth-order valence-corrected chi connectivity index (χ4v) is 3.43. The minimum atomic E-state index is -0.402. The molecule has 0 saturated carbocycles. The number of carbonyl (C=O) groups excluding carboxylic acids is 1. The summed E-state index contributed by atoms with van der Waals surface area (Å²) in [5.74, 6) is -0.297. The molecule has 1 aromatic carbocycles. The molecule has 134 valence electrons. The standard InChI is InChI=1S/C19H20FN5O/c20-15-4-1-5-16-17(15)23-19(22-16)24-18(26)14-3-2-10-25(12-14)11-13-6-8-21-9-7-13/h1,4-9,14H,2-3,10-12H2,(H2,22,23,24,26). The lowest BCUT2D eigenvalue weighted by atomic mass is 9.97. The van der Waals surface area contributed by atoms with Gasteiger partial charge >= 0.3 is 0 Å². The summed E-state index contributed by atoms with van der Waals surface area (Å²) in [5, 5.41) is 2.80. The van der Waals surface area contributed by atoms with Gasteiger partial charge in [0, 0.05) is 25.5 Å². The van der Waals surface area contributed by atoms with E-state index >= 15 is 0 Å². The molecule has 7 heteroatoms. The summed E-state index contributed by atoms with van der Waals surface area (Å²) in [5.41, 5.74) is 2.00. The van der Waals surface area contributed by atoms with Crippen LogP contribution in [0.15, 0.2) is 42.7 Å². The Kier molecular flexibility index (Phi) is 4.62. The van der Waals surface area contributed by atoms with Gasteiger partial charge in [0.15, 0.2) is 5.82 Å². The van der Waals surface area contributed by atoms with Crippen molar-refractivity contribution >= 4 is 22.9 Å². The van der Waals surface area contributed by atoms with Crippen LogP contribution in [0.25, 0.3) is 11.0 Å². The van der Waals surface area contributed by atoms with Crippen molar-refractivity contribution in [3.63, 3.8) is 0 Å². The smallest absolute Gasteiger partial charge is 0.231 e. The van der Waals surface area contributed by atoms with Crippen LogP contribution in [0, 0.1) is 11.7 Å². The Balaban J connectivity index is 1.41. The van der Waals surface area contributed by atoms with E-state index in [9.17, 15) is 9.18 Å². The zero-order valence-electron chi connectivity index (χ0n) is 14.3. The molecule has 1 fully saturated rings. The van der Waals surface area contributed by atoms with Crippen LogP contribution < -0.4 is 5.32 Å². The summed E-state index contributed by atoms with van der Waals surface area (Å²) in [6.07, 6.45) is 5.37. The average molecular weight is 353 g/mol. The minimum absolute atomic E-state index is 0.0797. The van der Waals surface area contributed by atoms with E-state index < -0.39 is 5.82 Å². The van der Waals surface area contributed by atoms with Crippen LogP contribution in [0.3, 0.4) is 0 Å². The van der Waals surface area contributed by atoms with Gasteiger partial charge < -0.3 is 4.98 Å². The molecule has 0 radical (unpaired) electrons. The summed E-state index contributed by atoms with van der Waals surface area (Å²) in [6, 6.07) is 8.68. The maximum Gasteiger partial charge on any atom is 0.231 e. The first-order valence-corrected chi connectivity index (χ1v) is 8.75. The van der Waals surface area contributed by atoms with E-state index in [0.29, 0.717) is 18.0 Å². The van der Waals surface area contributed by atoms with Crippen molar-refractivity contribution in [1.82, 2.24) is 19.9 Å². The molecule has 6 nitrogen and oxygen atoms in total. The second-order valence-electron chi connectivity index (χ2n) is 6.64. The van der Waals surface area contributed by atoms with Gasteiger partial charge in [0.05, 0.1) is 11.4 Å². The summed E-state index contributed by atoms with van der Waals surface area (Å²) in [7, 11) is 0. The van der Waals surface area contributed by atoms with Crippen LogP contribution in [0.1, 0.15) is 18.4 Å². The number of fused-ring (bicyclic) bond motifs is 1. The second kappa shape index (κ2) is 7.21. The van der Waals surface area contributed by atoms with Crippen LogP contribution in [0.5, 0.6) is 0 Å².